The molecule has 0 aliphatic rings. The number of phenolic OH excluding ortho intramolecular Hbond substituents is 2. The summed E-state index contributed by atoms with van der Waals surface area (Å²) in [4.78, 5) is 0. The van der Waals surface area contributed by atoms with Crippen LogP contribution in [-0.2, 0) is 0 Å². The van der Waals surface area contributed by atoms with Crippen LogP contribution in [-0.4, -0.2) is 10.2 Å². The fraction of sp³-hybridized carbons (Fsp3) is 0. The second-order valence-corrected chi connectivity index (χ2v) is 13.7. The zero-order valence-corrected chi connectivity index (χ0v) is 26.4. The average Bonchev–Trinajstić information content (AvgIpc) is 3.03. The summed E-state index contributed by atoms with van der Waals surface area (Å²) in [6, 6.07) is 56.8. The Kier molecular flexibility index (Phi) is 12.4. The van der Waals surface area contributed by atoms with Gasteiger partial charge in [-0.15, -0.1) is 0 Å². The molecule has 0 aliphatic heterocycles. The van der Waals surface area contributed by atoms with E-state index >= 15 is 0 Å². The van der Waals surface area contributed by atoms with Gasteiger partial charge < -0.3 is 10.2 Å². The molecule has 0 amide bonds. The largest absolute Gasteiger partial charge is 0.508 e. The summed E-state index contributed by atoms with van der Waals surface area (Å²) in [5.74, 6) is 0.634. The van der Waals surface area contributed by atoms with Gasteiger partial charge in [-0.1, -0.05) is 142 Å². The molecule has 41 heavy (non-hydrogen) atoms. The van der Waals surface area contributed by atoms with Crippen LogP contribution in [0.3, 0.4) is 0 Å². The Bertz CT molecular complexity index is 1450. The molecule has 6 rings (SSSR count). The SMILES string of the molecule is Oc1ccc(I)cc1.Oc1ccc(P(c2ccccc2)c2ccccc2)cc1.c1ccc(Pc2ccccc2)cc1. The minimum atomic E-state index is -0.569. The van der Waals surface area contributed by atoms with Crippen molar-refractivity contribution in [2.24, 2.45) is 0 Å². The van der Waals surface area contributed by atoms with Crippen LogP contribution in [0.15, 0.2) is 170 Å². The van der Waals surface area contributed by atoms with Crippen LogP contribution in [0, 0.1) is 3.57 Å². The first-order valence-electron chi connectivity index (χ1n) is 13.1. The maximum absolute atomic E-state index is 9.49. The molecule has 204 valence electrons. The first-order valence-corrected chi connectivity index (χ1v) is 16.5. The molecule has 0 atom stereocenters. The van der Waals surface area contributed by atoms with Gasteiger partial charge in [-0.3, -0.25) is 0 Å². The lowest BCUT2D eigenvalue weighted by molar-refractivity contribution is 0.475. The summed E-state index contributed by atoms with van der Waals surface area (Å²) < 4.78 is 1.14. The molecule has 0 heterocycles. The second-order valence-electron chi connectivity index (χ2n) is 8.86. The predicted molar refractivity (Wildman–Crippen MR) is 188 cm³/mol. The molecule has 0 aromatic heterocycles. The predicted octanol–water partition coefficient (Wildman–Crippen LogP) is 7.46. The Morgan fingerprint density at radius 3 is 1.07 bits per heavy atom. The molecule has 0 saturated carbocycles. The summed E-state index contributed by atoms with van der Waals surface area (Å²) in [6.07, 6.45) is 0. The highest BCUT2D eigenvalue weighted by Gasteiger charge is 2.15. The van der Waals surface area contributed by atoms with Crippen molar-refractivity contribution >= 4 is 65.6 Å². The molecule has 5 heteroatoms. The van der Waals surface area contributed by atoms with E-state index in [1.165, 1.54) is 26.5 Å². The van der Waals surface area contributed by atoms with E-state index in [4.69, 9.17) is 5.11 Å². The lowest BCUT2D eigenvalue weighted by Crippen LogP contribution is -2.20. The van der Waals surface area contributed by atoms with Gasteiger partial charge in [0.1, 0.15) is 11.5 Å². The van der Waals surface area contributed by atoms with Crippen LogP contribution in [0.25, 0.3) is 0 Å². The normalized spacial score (nSPS) is 10.1. The summed E-state index contributed by atoms with van der Waals surface area (Å²) in [5.41, 5.74) is 0. The van der Waals surface area contributed by atoms with E-state index in [-0.39, 0.29) is 0 Å². The van der Waals surface area contributed by atoms with E-state index < -0.39 is 7.92 Å². The molecule has 2 nitrogen and oxygen atoms in total. The minimum absolute atomic E-state index is 0.310. The Labute approximate surface area is 259 Å². The Morgan fingerprint density at radius 2 is 0.707 bits per heavy atom. The van der Waals surface area contributed by atoms with E-state index in [9.17, 15) is 5.11 Å². The van der Waals surface area contributed by atoms with Crippen LogP contribution in [0.1, 0.15) is 0 Å². The van der Waals surface area contributed by atoms with Crippen LogP contribution >= 0.6 is 39.1 Å². The van der Waals surface area contributed by atoms with Crippen LogP contribution in [0.5, 0.6) is 11.5 Å². The lowest BCUT2D eigenvalue weighted by Gasteiger charge is -2.19. The molecule has 6 aromatic rings. The van der Waals surface area contributed by atoms with E-state index in [1.54, 1.807) is 24.3 Å². The Morgan fingerprint density at radius 1 is 0.390 bits per heavy atom. The number of phenols is 2. The van der Waals surface area contributed by atoms with Gasteiger partial charge in [0.25, 0.3) is 0 Å². The number of aromatic hydroxyl groups is 2. The molecule has 2 N–H and O–H groups in total. The average molecular weight is 684 g/mol. The highest BCUT2D eigenvalue weighted by atomic mass is 127. The maximum atomic E-state index is 9.49. The molecular weight excluding hydrogens is 653 g/mol. The third-order valence-corrected chi connectivity index (χ3v) is 10.2. The van der Waals surface area contributed by atoms with E-state index in [2.05, 4.69) is 132 Å². The first-order chi connectivity index (χ1) is 20.1. The fourth-order valence-corrected chi connectivity index (χ4v) is 7.55. The van der Waals surface area contributed by atoms with E-state index in [0.717, 1.165) is 12.2 Å². The molecular formula is C36H31IO2P2. The van der Waals surface area contributed by atoms with Gasteiger partial charge in [-0.25, -0.2) is 0 Å². The monoisotopic (exact) mass is 684 g/mol. The Hall–Kier alpha value is -3.49. The summed E-state index contributed by atoms with van der Waals surface area (Å²) in [6.45, 7) is 0. The van der Waals surface area contributed by atoms with Gasteiger partial charge in [0, 0.05) is 3.57 Å². The third kappa shape index (κ3) is 10.4. The summed E-state index contributed by atoms with van der Waals surface area (Å²) in [5, 5.41) is 24.9. The molecule has 0 unspecified atom stereocenters. The quantitative estimate of drug-likeness (QED) is 0.146. The molecule has 0 saturated heterocycles. The smallest absolute Gasteiger partial charge is 0.115 e. The number of benzene rings is 6. The van der Waals surface area contributed by atoms with Crippen LogP contribution < -0.4 is 26.5 Å². The van der Waals surface area contributed by atoms with Crippen molar-refractivity contribution in [2.75, 3.05) is 0 Å². The number of hydrogen-bond donors (Lipinski definition) is 2. The summed E-state index contributed by atoms with van der Waals surface area (Å²) >= 11 is 2.19. The van der Waals surface area contributed by atoms with Gasteiger partial charge in [-0.05, 0) is 93.4 Å². The molecule has 0 spiro atoms. The fourth-order valence-electron chi connectivity index (χ4n) is 3.85. The molecule has 0 bridgehead atoms. The molecule has 6 aromatic carbocycles. The minimum Gasteiger partial charge on any atom is -0.508 e. The van der Waals surface area contributed by atoms with Crippen LogP contribution in [0.4, 0.5) is 0 Å². The summed E-state index contributed by atoms with van der Waals surface area (Å²) in [7, 11) is 0.207. The number of rotatable bonds is 5. The van der Waals surface area contributed by atoms with Gasteiger partial charge in [-0.2, -0.15) is 0 Å². The van der Waals surface area contributed by atoms with Crippen molar-refractivity contribution < 1.29 is 10.2 Å². The topological polar surface area (TPSA) is 40.5 Å². The van der Waals surface area contributed by atoms with Crippen molar-refractivity contribution in [2.45, 2.75) is 0 Å². The van der Waals surface area contributed by atoms with Gasteiger partial charge >= 0.3 is 0 Å². The van der Waals surface area contributed by atoms with E-state index in [1.807, 2.05) is 36.4 Å². The third-order valence-electron chi connectivity index (χ3n) is 5.80. The molecule has 0 aliphatic carbocycles. The van der Waals surface area contributed by atoms with Gasteiger partial charge in [0.05, 0.1) is 0 Å². The first kappa shape index (κ1) is 30.5. The molecule has 0 fully saturated rings. The second kappa shape index (κ2) is 16.7. The maximum Gasteiger partial charge on any atom is 0.115 e. The van der Waals surface area contributed by atoms with Crippen LogP contribution in [0.2, 0.25) is 0 Å². The van der Waals surface area contributed by atoms with Crippen molar-refractivity contribution in [3.63, 3.8) is 0 Å². The standard InChI is InChI=1S/C18H15OP.C12H11P.C6H5IO/c19-15-11-13-18(14-12-15)20(16-7-3-1-4-8-16)17-9-5-2-6-10-17;1-3-7-11(8-4-1)13-12-9-5-2-6-10-12;7-5-1-3-6(8)4-2-5/h1-14,19H;1-10,13H;1-4,8H. The lowest BCUT2D eigenvalue weighted by atomic mass is 10.3. The van der Waals surface area contributed by atoms with Gasteiger partial charge in [0.15, 0.2) is 0 Å². The highest BCUT2D eigenvalue weighted by molar-refractivity contribution is 14.1. The number of hydrogen-bond acceptors (Lipinski definition) is 2. The van der Waals surface area contributed by atoms with Crippen molar-refractivity contribution in [3.8, 4) is 11.5 Å². The van der Waals surface area contributed by atoms with E-state index in [0.29, 0.717) is 11.5 Å². The van der Waals surface area contributed by atoms with Gasteiger partial charge in [0.2, 0.25) is 0 Å². The zero-order valence-electron chi connectivity index (χ0n) is 22.4. The molecule has 0 radical (unpaired) electrons. The van der Waals surface area contributed by atoms with Crippen molar-refractivity contribution in [1.82, 2.24) is 0 Å². The number of halogens is 1. The Balaban J connectivity index is 0.000000158. The van der Waals surface area contributed by atoms with Crippen molar-refractivity contribution in [1.29, 1.82) is 0 Å². The highest BCUT2D eigenvalue weighted by Crippen LogP contribution is 2.32. The van der Waals surface area contributed by atoms with Crippen molar-refractivity contribution in [3.05, 3.63) is 173 Å². The zero-order chi connectivity index (χ0) is 28.7.